The Morgan fingerprint density at radius 3 is 1.64 bits per heavy atom. The number of carbonyl (C=O) groups is 14. The van der Waals surface area contributed by atoms with Crippen LogP contribution in [0.1, 0.15) is 119 Å². The molecule has 0 aromatic heterocycles. The number of esters is 1. The average Bonchev–Trinajstić information content (AvgIpc) is 0.800. The first kappa shape index (κ1) is 99.3. The number of carbonyl (C=O) groups excluding carboxylic acids is 12. The highest BCUT2D eigenvalue weighted by Crippen LogP contribution is 2.30. The zero-order chi connectivity index (χ0) is 86.2. The number of aliphatic hydroxyl groups excluding tert-OH is 4. The molecule has 0 saturated carbocycles. The maximum Gasteiger partial charge on any atom is 0.490 e. The van der Waals surface area contributed by atoms with Crippen LogP contribution in [-0.2, 0) is 78.3 Å². The maximum atomic E-state index is 15.6. The highest BCUT2D eigenvalue weighted by atomic mass is 19.4. The second-order valence-electron chi connectivity index (χ2n) is 27.6. The van der Waals surface area contributed by atoms with Crippen LogP contribution in [0.3, 0.4) is 0 Å². The Hall–Kier alpha value is -10.7. The van der Waals surface area contributed by atoms with Crippen molar-refractivity contribution < 1.29 is 138 Å². The van der Waals surface area contributed by atoms with Crippen molar-refractivity contribution in [3.05, 3.63) is 59.7 Å². The number of primary amides is 1. The Morgan fingerprint density at radius 2 is 1.16 bits per heavy atom. The number of nitrogens with two attached hydrogens (primary N) is 4. The molecule has 630 valence electrons. The van der Waals surface area contributed by atoms with Gasteiger partial charge in [-0.3, -0.25) is 57.7 Å². The van der Waals surface area contributed by atoms with E-state index in [-0.39, 0.29) is 68.1 Å². The van der Waals surface area contributed by atoms with Gasteiger partial charge in [-0.2, -0.15) is 26.3 Å². The van der Waals surface area contributed by atoms with E-state index in [9.17, 15) is 89.9 Å². The first-order valence-electron chi connectivity index (χ1n) is 34.6. The molecular weight excluding hydrogens is 1510 g/mol. The lowest BCUT2D eigenvalue weighted by molar-refractivity contribution is -0.193. The summed E-state index contributed by atoms with van der Waals surface area (Å²) in [7, 11) is 2.74. The maximum absolute atomic E-state index is 15.6. The van der Waals surface area contributed by atoms with E-state index in [1.165, 1.54) is 70.5 Å². The molecule has 3 rings (SSSR count). The number of nitrogens with one attached hydrogen (secondary N) is 10. The fourth-order valence-corrected chi connectivity index (χ4v) is 10.1. The molecule has 0 unspecified atom stereocenters. The average molecular weight is 1610 g/mol. The normalized spacial score (nSPS) is 22.1. The molecule has 1 aliphatic heterocycles. The van der Waals surface area contributed by atoms with Crippen LogP contribution in [0.5, 0.6) is 11.5 Å². The van der Waals surface area contributed by atoms with Gasteiger partial charge in [-0.1, -0.05) is 105 Å². The van der Waals surface area contributed by atoms with Gasteiger partial charge in [0.25, 0.3) is 0 Å². The summed E-state index contributed by atoms with van der Waals surface area (Å²) in [6.07, 6.45) is -18.8. The molecule has 0 spiro atoms. The summed E-state index contributed by atoms with van der Waals surface area (Å²) < 4.78 is 80.4. The second kappa shape index (κ2) is 46.2. The quantitative estimate of drug-likeness (QED) is 0.0159. The number of aliphatic hydroxyl groups is 4. The van der Waals surface area contributed by atoms with Crippen molar-refractivity contribution in [2.45, 2.75) is 205 Å². The molecule has 1 saturated heterocycles. The van der Waals surface area contributed by atoms with Crippen LogP contribution in [0.4, 0.5) is 26.3 Å². The standard InChI is InChI=1S/C64H101N15O19.2C2HF3O2/c1-13-32(6)44-58(91)77-45(33(7)81)57(90)70-28-43(82)75-47(50(84)52(66)85)60(93)74-40(29-80)62(95)98-51(35-18-15-14-16-19-35)48(79-56(89)39(72-53(86)36(65)27-64(8,9)10)25-34-21-22-41(96-11)42(26-34)97-12)61(94)78-46(49(83)31(4)5)59(92)73-38(24-30(2)3)55(88)71-37(54(87)76-44)20-17-23-69-63(67)68;2*3-2(4,5)1(6)7/h14-16,18-19,21-22,26,30-33,36-40,44-51,80-81,83-84H,13,17,20,23-25,27-29,65H2,1-12H3,(H2,66,85)(H,70,90)(H,71,88)(H,72,86)(H,73,92)(H,74,93)(H,75,82)(H,76,87)(H,77,91)(H,78,94)(H,79,89)(H4,67,68,69);2*(H,6,7)/t32-,33-,36+,37+,38-,39-,40-,44-,45-,46-,47-,48-,49+,50-,51+;;/m0../s1. The van der Waals surface area contributed by atoms with Gasteiger partial charge >= 0.3 is 30.3 Å². The van der Waals surface area contributed by atoms with Crippen molar-refractivity contribution in [3.8, 4) is 11.5 Å². The molecule has 1 fully saturated rings. The number of carboxylic acid groups (broad SMARTS) is 2. The number of methoxy groups -OCH3 is 2. The van der Waals surface area contributed by atoms with E-state index in [1.807, 2.05) is 31.4 Å². The van der Waals surface area contributed by atoms with Gasteiger partial charge in [0.2, 0.25) is 65.0 Å². The second-order valence-corrected chi connectivity index (χ2v) is 27.6. The van der Waals surface area contributed by atoms with Crippen molar-refractivity contribution in [1.82, 2.24) is 53.2 Å². The Bertz CT molecular complexity index is 3540. The van der Waals surface area contributed by atoms with Crippen LogP contribution >= 0.6 is 0 Å². The molecule has 0 bridgehead atoms. The van der Waals surface area contributed by atoms with Gasteiger partial charge in [0, 0.05) is 13.0 Å². The zero-order valence-corrected chi connectivity index (χ0v) is 63.4. The van der Waals surface area contributed by atoms with Crippen molar-refractivity contribution in [2.24, 2.45) is 51.1 Å². The van der Waals surface area contributed by atoms with E-state index in [0.717, 1.165) is 6.92 Å². The summed E-state index contributed by atoms with van der Waals surface area (Å²) in [5, 5.41) is 82.8. The number of rotatable bonds is 24. The Balaban J connectivity index is 0.00000406. The largest absolute Gasteiger partial charge is 0.493 e. The van der Waals surface area contributed by atoms with Crippen molar-refractivity contribution >= 4 is 88.8 Å². The molecule has 24 N–H and O–H groups in total. The molecule has 1 heterocycles. The molecule has 38 nitrogen and oxygen atoms in total. The number of cyclic esters (lactones) is 1. The molecular formula is C68H103F6N15O23. The lowest BCUT2D eigenvalue weighted by Crippen LogP contribution is -2.64. The lowest BCUT2D eigenvalue weighted by Gasteiger charge is -2.33. The molecule has 2 aromatic carbocycles. The van der Waals surface area contributed by atoms with Crippen LogP contribution in [0.15, 0.2) is 53.5 Å². The van der Waals surface area contributed by atoms with Gasteiger partial charge < -0.3 is 121 Å². The van der Waals surface area contributed by atoms with Crippen LogP contribution in [0, 0.1) is 23.2 Å². The number of nitrogens with zero attached hydrogens (tertiary/aromatic N) is 1. The number of aliphatic carboxylic acids is 2. The van der Waals surface area contributed by atoms with E-state index >= 15 is 14.4 Å². The third-order valence-corrected chi connectivity index (χ3v) is 16.2. The lowest BCUT2D eigenvalue weighted by atomic mass is 9.88. The van der Waals surface area contributed by atoms with Crippen LogP contribution in [-0.4, -0.2) is 244 Å². The first-order valence-corrected chi connectivity index (χ1v) is 34.6. The van der Waals surface area contributed by atoms with Crippen molar-refractivity contribution in [1.29, 1.82) is 0 Å². The number of halogens is 6. The molecule has 2 aromatic rings. The summed E-state index contributed by atoms with van der Waals surface area (Å²) in [4.78, 5) is 194. The van der Waals surface area contributed by atoms with Crippen molar-refractivity contribution in [3.63, 3.8) is 0 Å². The number of alkyl halides is 6. The van der Waals surface area contributed by atoms with Gasteiger partial charge in [0.15, 0.2) is 35.7 Å². The monoisotopic (exact) mass is 1610 g/mol. The summed E-state index contributed by atoms with van der Waals surface area (Å²) in [6.45, 7) is 13.6. The number of benzene rings is 2. The third-order valence-electron chi connectivity index (χ3n) is 16.2. The van der Waals surface area contributed by atoms with Gasteiger partial charge in [-0.15, -0.1) is 0 Å². The van der Waals surface area contributed by atoms with Gasteiger partial charge in [-0.25, -0.2) is 14.4 Å². The summed E-state index contributed by atoms with van der Waals surface area (Å²) >= 11 is 0. The summed E-state index contributed by atoms with van der Waals surface area (Å²) in [5.74, 6) is -22.4. The van der Waals surface area contributed by atoms with Crippen LogP contribution < -0.4 is 85.6 Å². The van der Waals surface area contributed by atoms with Gasteiger partial charge in [0.05, 0.1) is 45.6 Å². The van der Waals surface area contributed by atoms with Gasteiger partial charge in [0.1, 0.15) is 48.3 Å². The van der Waals surface area contributed by atoms with E-state index < -0.39 is 216 Å². The fourth-order valence-electron chi connectivity index (χ4n) is 10.1. The number of carboxylic acids is 2. The number of hydrogen-bond donors (Lipinski definition) is 20. The SMILES string of the molecule is CC[C@H](C)[C@@H]1NC(=O)[C@@H](CCCN=C(N)N)NC(=O)[C@H](CC(C)C)NC(=O)[C@H]([C@H](O)C(C)C)NC(=O)[C@@H](NC(=O)[C@H](Cc2ccc(OC)c(OC)c2)NC(=O)[C@H](N)CC(C)(C)C)[C@@H](c2ccccc2)OC(=O)[C@H](CO)NC(=O)[C@H]([C@H](O)C(N)=O)NC(=O)CNC(=O)[C@H]([C@H](C)O)NC1=O.O=C(O)C(F)(F)F.O=C(O)C(F)(F)F. The Kier molecular flexibility index (Phi) is 40.9. The molecule has 15 atom stereocenters. The summed E-state index contributed by atoms with van der Waals surface area (Å²) in [6, 6.07) is -6.90. The molecule has 11 amide bonds. The minimum absolute atomic E-state index is 0.0306. The van der Waals surface area contributed by atoms with E-state index in [4.69, 9.17) is 56.9 Å². The number of ether oxygens (including phenoxy) is 3. The fraction of sp³-hybridized carbons (Fsp3) is 0.603. The van der Waals surface area contributed by atoms with Gasteiger partial charge in [-0.05, 0) is 79.0 Å². The molecule has 112 heavy (non-hydrogen) atoms. The topological polar surface area (TPSA) is 625 Å². The zero-order valence-electron chi connectivity index (χ0n) is 63.4. The van der Waals surface area contributed by atoms with Crippen molar-refractivity contribution in [2.75, 3.05) is 33.9 Å². The molecule has 1 aliphatic rings. The highest BCUT2D eigenvalue weighted by Gasteiger charge is 2.45. The highest BCUT2D eigenvalue weighted by molar-refractivity contribution is 6.00. The predicted octanol–water partition coefficient (Wildman–Crippen LogP) is -3.56. The molecule has 44 heteroatoms. The van der Waals surface area contributed by atoms with Crippen LogP contribution in [0.25, 0.3) is 0 Å². The smallest absolute Gasteiger partial charge is 0.490 e. The number of amides is 11. The predicted molar refractivity (Wildman–Crippen MR) is 382 cm³/mol. The van der Waals surface area contributed by atoms with E-state index in [2.05, 4.69) is 47.5 Å². The number of hydrogen-bond acceptors (Lipinski definition) is 23. The number of aliphatic imine (C=N–C) groups is 1. The molecule has 0 radical (unpaired) electrons. The third kappa shape index (κ3) is 34.3. The minimum atomic E-state index is -5.08. The summed E-state index contributed by atoms with van der Waals surface area (Å²) in [5.41, 5.74) is 22.6. The minimum Gasteiger partial charge on any atom is -0.493 e. The van der Waals surface area contributed by atoms with E-state index in [1.54, 1.807) is 33.8 Å². The number of guanidine groups is 1. The first-order chi connectivity index (χ1) is 51.8. The van der Waals surface area contributed by atoms with Crippen LogP contribution in [0.2, 0.25) is 0 Å². The Morgan fingerprint density at radius 1 is 0.652 bits per heavy atom. The Labute approximate surface area is 639 Å². The van der Waals surface area contributed by atoms with E-state index in [0.29, 0.717) is 5.56 Å². The molecule has 0 aliphatic carbocycles.